The monoisotopic (exact) mass is 487 g/mol. The molecule has 7 nitrogen and oxygen atoms in total. The van der Waals surface area contributed by atoms with Gasteiger partial charge in [-0.2, -0.15) is 5.26 Å². The van der Waals surface area contributed by atoms with Gasteiger partial charge in [0.15, 0.2) is 12.0 Å². The normalized spacial score (nSPS) is 16.9. The zero-order chi connectivity index (χ0) is 26.3. The van der Waals surface area contributed by atoms with Crippen LogP contribution < -0.4 is 10.1 Å². The van der Waals surface area contributed by atoms with Crippen molar-refractivity contribution in [1.29, 1.82) is 5.26 Å². The topological polar surface area (TPSA) is 99.5 Å². The second-order valence-electron chi connectivity index (χ2n) is 9.05. The van der Waals surface area contributed by atoms with Gasteiger partial charge in [-0.05, 0) is 56.0 Å². The second kappa shape index (κ2) is 11.7. The van der Waals surface area contributed by atoms with Crippen molar-refractivity contribution in [2.24, 2.45) is 5.41 Å². The van der Waals surface area contributed by atoms with Gasteiger partial charge in [-0.3, -0.25) is 9.59 Å². The zero-order valence-electron chi connectivity index (χ0n) is 21.1. The molecule has 1 heterocycles. The highest BCUT2D eigenvalue weighted by Gasteiger charge is 2.63. The van der Waals surface area contributed by atoms with Gasteiger partial charge in [0.05, 0.1) is 12.1 Å². The van der Waals surface area contributed by atoms with E-state index < -0.39 is 17.7 Å². The van der Waals surface area contributed by atoms with Crippen LogP contribution in [0.2, 0.25) is 0 Å². The molecule has 1 aliphatic rings. The van der Waals surface area contributed by atoms with Gasteiger partial charge >= 0.3 is 6.03 Å². The van der Waals surface area contributed by atoms with E-state index in [-0.39, 0.29) is 30.6 Å². The minimum atomic E-state index is -0.809. The summed E-state index contributed by atoms with van der Waals surface area (Å²) in [6.07, 6.45) is 2.84. The molecule has 3 amide bonds. The number of carbonyl (C=O) groups excluding carboxylic acids is 3. The number of ether oxygens (including phenoxy) is 1. The summed E-state index contributed by atoms with van der Waals surface area (Å²) in [5, 5.41) is 11.7. The largest absolute Gasteiger partial charge is 0.469 e. The molecule has 0 aliphatic carbocycles. The van der Waals surface area contributed by atoms with E-state index >= 15 is 0 Å². The summed E-state index contributed by atoms with van der Waals surface area (Å²) in [6, 6.07) is 15.6. The standard InChI is InChI=1S/C29H33N3O4/c1-5-9-24(21-13-11-20(4)12-14-21)31-28(35)32-26(34)29(6-2,7-3)27(32)36-23-17-15-22(16-18-23)25(33)10-8-19-30/h5,11-18,24,27H,1,6-10H2,2-4H3,(H,31,35)/t24?,27-/m0/s1. The number of benzene rings is 2. The fourth-order valence-corrected chi connectivity index (χ4v) is 4.52. The van der Waals surface area contributed by atoms with Gasteiger partial charge in [0.25, 0.3) is 0 Å². The van der Waals surface area contributed by atoms with E-state index in [2.05, 4.69) is 11.9 Å². The predicted molar refractivity (Wildman–Crippen MR) is 137 cm³/mol. The van der Waals surface area contributed by atoms with Crippen LogP contribution in [0, 0.1) is 23.7 Å². The molecule has 0 radical (unpaired) electrons. The summed E-state index contributed by atoms with van der Waals surface area (Å²) in [6.45, 7) is 9.63. The first kappa shape index (κ1) is 26.7. The molecule has 1 aliphatic heterocycles. The van der Waals surface area contributed by atoms with E-state index in [0.717, 1.165) is 16.0 Å². The van der Waals surface area contributed by atoms with Gasteiger partial charge in [-0.25, -0.2) is 9.69 Å². The number of nitrogens with zero attached hydrogens (tertiary/aromatic N) is 2. The number of hydrogen-bond acceptors (Lipinski definition) is 5. The van der Waals surface area contributed by atoms with Crippen molar-refractivity contribution in [3.8, 4) is 11.8 Å². The first-order valence-electron chi connectivity index (χ1n) is 12.3. The molecule has 0 saturated carbocycles. The molecule has 36 heavy (non-hydrogen) atoms. The van der Waals surface area contributed by atoms with E-state index in [1.54, 1.807) is 30.3 Å². The van der Waals surface area contributed by atoms with Gasteiger partial charge in [0.1, 0.15) is 11.2 Å². The minimum Gasteiger partial charge on any atom is -0.469 e. The first-order chi connectivity index (χ1) is 17.3. The molecular weight excluding hydrogens is 454 g/mol. The summed E-state index contributed by atoms with van der Waals surface area (Å²) in [5.74, 6) is 0.0675. The molecular formula is C29H33N3O4. The number of β-lactam (4-membered cyclic amide) rings is 1. The summed E-state index contributed by atoms with van der Waals surface area (Å²) in [5.41, 5.74) is 1.71. The van der Waals surface area contributed by atoms with Crippen LogP contribution in [-0.2, 0) is 4.79 Å². The van der Waals surface area contributed by atoms with Crippen LogP contribution in [0.1, 0.15) is 73.5 Å². The molecule has 0 bridgehead atoms. The quantitative estimate of drug-likeness (QED) is 0.243. The molecule has 0 spiro atoms. The molecule has 1 saturated heterocycles. The molecule has 1 N–H and O–H groups in total. The number of urea groups is 1. The highest BCUT2D eigenvalue weighted by molar-refractivity contribution is 6.03. The molecule has 0 aromatic heterocycles. The predicted octanol–water partition coefficient (Wildman–Crippen LogP) is 5.86. The average Bonchev–Trinajstić information content (AvgIpc) is 2.88. The molecule has 7 heteroatoms. The molecule has 188 valence electrons. The number of likely N-dealkylation sites (tertiary alicyclic amines) is 1. The number of amides is 3. The minimum absolute atomic E-state index is 0.122. The van der Waals surface area contributed by atoms with Gasteiger partial charge < -0.3 is 10.1 Å². The number of rotatable bonds is 11. The van der Waals surface area contributed by atoms with E-state index in [1.165, 1.54) is 0 Å². The summed E-state index contributed by atoms with van der Waals surface area (Å²) < 4.78 is 6.19. The maximum absolute atomic E-state index is 13.3. The number of nitriles is 1. The summed E-state index contributed by atoms with van der Waals surface area (Å²) in [7, 11) is 0. The number of aryl methyl sites for hydroxylation is 1. The van der Waals surface area contributed by atoms with Crippen molar-refractivity contribution in [3.63, 3.8) is 0 Å². The zero-order valence-corrected chi connectivity index (χ0v) is 21.1. The highest BCUT2D eigenvalue weighted by Crippen LogP contribution is 2.46. The van der Waals surface area contributed by atoms with Crippen molar-refractivity contribution in [2.45, 2.75) is 65.1 Å². The van der Waals surface area contributed by atoms with Crippen molar-refractivity contribution in [2.75, 3.05) is 0 Å². The number of imide groups is 1. The van der Waals surface area contributed by atoms with Crippen LogP contribution in [0.4, 0.5) is 4.79 Å². The Morgan fingerprint density at radius 3 is 2.36 bits per heavy atom. The lowest BCUT2D eigenvalue weighted by atomic mass is 9.72. The molecule has 1 unspecified atom stereocenters. The fourth-order valence-electron chi connectivity index (χ4n) is 4.52. The van der Waals surface area contributed by atoms with Crippen molar-refractivity contribution in [1.82, 2.24) is 10.2 Å². The third-order valence-corrected chi connectivity index (χ3v) is 6.90. The molecule has 3 rings (SSSR count). The lowest BCUT2D eigenvalue weighted by Crippen LogP contribution is -2.73. The molecule has 1 fully saturated rings. The van der Waals surface area contributed by atoms with Crippen molar-refractivity contribution >= 4 is 17.7 Å². The Hall–Kier alpha value is -3.92. The van der Waals surface area contributed by atoms with E-state index in [0.29, 0.717) is 30.6 Å². The summed E-state index contributed by atoms with van der Waals surface area (Å²) in [4.78, 5) is 39.9. The van der Waals surface area contributed by atoms with Crippen LogP contribution in [0.3, 0.4) is 0 Å². The highest BCUT2D eigenvalue weighted by atomic mass is 16.5. The Balaban J connectivity index is 1.80. The van der Waals surface area contributed by atoms with Crippen LogP contribution >= 0.6 is 0 Å². The number of carbonyl (C=O) groups is 3. The second-order valence-corrected chi connectivity index (χ2v) is 9.05. The van der Waals surface area contributed by atoms with Crippen LogP contribution in [-0.4, -0.2) is 28.8 Å². The fraction of sp³-hybridized carbons (Fsp3) is 0.379. The maximum Gasteiger partial charge on any atom is 0.327 e. The van der Waals surface area contributed by atoms with E-state index in [1.807, 2.05) is 51.1 Å². The number of hydrogen-bond donors (Lipinski definition) is 1. The van der Waals surface area contributed by atoms with Crippen LogP contribution in [0.15, 0.2) is 61.2 Å². The Bertz CT molecular complexity index is 1140. The molecule has 2 atom stereocenters. The Kier molecular flexibility index (Phi) is 8.65. The van der Waals surface area contributed by atoms with Crippen LogP contribution in [0.5, 0.6) is 5.75 Å². The maximum atomic E-state index is 13.3. The lowest BCUT2D eigenvalue weighted by molar-refractivity contribution is -0.190. The third kappa shape index (κ3) is 5.33. The molecule has 2 aromatic rings. The number of nitrogens with one attached hydrogen (secondary N) is 1. The third-order valence-electron chi connectivity index (χ3n) is 6.90. The number of ketones is 1. The van der Waals surface area contributed by atoms with Crippen molar-refractivity contribution < 1.29 is 19.1 Å². The first-order valence-corrected chi connectivity index (χ1v) is 12.3. The number of Topliss-reactive ketones (excluding diaryl/α,β-unsaturated/α-hetero) is 1. The Labute approximate surface area is 212 Å². The smallest absolute Gasteiger partial charge is 0.327 e. The van der Waals surface area contributed by atoms with Gasteiger partial charge in [-0.15, -0.1) is 6.58 Å². The van der Waals surface area contributed by atoms with Gasteiger partial charge in [-0.1, -0.05) is 49.8 Å². The Morgan fingerprint density at radius 2 is 1.81 bits per heavy atom. The van der Waals surface area contributed by atoms with Crippen molar-refractivity contribution in [3.05, 3.63) is 77.9 Å². The Morgan fingerprint density at radius 1 is 1.17 bits per heavy atom. The van der Waals surface area contributed by atoms with E-state index in [9.17, 15) is 14.4 Å². The van der Waals surface area contributed by atoms with Gasteiger partial charge in [0.2, 0.25) is 5.91 Å². The summed E-state index contributed by atoms with van der Waals surface area (Å²) >= 11 is 0. The SMILES string of the molecule is C=CCC(NC(=O)N1C(=O)C(CC)(CC)[C@@H]1Oc1ccc(C(=O)CCC#N)cc1)c1ccc(C)cc1. The van der Waals surface area contributed by atoms with Crippen LogP contribution in [0.25, 0.3) is 0 Å². The molecule has 2 aromatic carbocycles. The lowest BCUT2D eigenvalue weighted by Gasteiger charge is -2.53. The van der Waals surface area contributed by atoms with E-state index in [4.69, 9.17) is 10.00 Å². The van der Waals surface area contributed by atoms with Gasteiger partial charge in [0, 0.05) is 18.4 Å². The average molecular weight is 488 g/mol.